The van der Waals surface area contributed by atoms with Crippen molar-refractivity contribution in [1.82, 2.24) is 5.32 Å². The molecule has 4 heteroatoms. The SMILES string of the molecule is C=C(Br)CNC(=O)CS. The summed E-state index contributed by atoms with van der Waals surface area (Å²) >= 11 is 6.86. The van der Waals surface area contributed by atoms with Gasteiger partial charge in [0, 0.05) is 11.0 Å². The second kappa shape index (κ2) is 4.88. The van der Waals surface area contributed by atoms with Gasteiger partial charge in [0.2, 0.25) is 5.91 Å². The van der Waals surface area contributed by atoms with Crippen LogP contribution in [0.2, 0.25) is 0 Å². The van der Waals surface area contributed by atoms with Crippen molar-refractivity contribution < 1.29 is 4.79 Å². The summed E-state index contributed by atoms with van der Waals surface area (Å²) in [6.07, 6.45) is 0. The molecule has 0 aromatic heterocycles. The molecule has 0 saturated heterocycles. The number of hydrogen-bond donors (Lipinski definition) is 2. The van der Waals surface area contributed by atoms with Crippen LogP contribution in [0.25, 0.3) is 0 Å². The van der Waals surface area contributed by atoms with Gasteiger partial charge in [0.05, 0.1) is 5.75 Å². The Balaban J connectivity index is 3.28. The van der Waals surface area contributed by atoms with E-state index in [0.29, 0.717) is 6.54 Å². The molecule has 0 atom stereocenters. The van der Waals surface area contributed by atoms with E-state index in [1.807, 2.05) is 0 Å². The Bertz CT molecular complexity index is 126. The fraction of sp³-hybridized carbons (Fsp3) is 0.400. The summed E-state index contributed by atoms with van der Waals surface area (Å²) in [6, 6.07) is 0. The van der Waals surface area contributed by atoms with Crippen molar-refractivity contribution in [1.29, 1.82) is 0 Å². The Hall–Kier alpha value is 0.0400. The molecule has 0 fully saturated rings. The molecule has 0 rings (SSSR count). The lowest BCUT2D eigenvalue weighted by Gasteiger charge is -1.98. The lowest BCUT2D eigenvalue weighted by molar-refractivity contribution is -0.118. The first-order chi connectivity index (χ1) is 4.16. The standard InChI is InChI=1S/C5H8BrNOS/c1-4(6)2-7-5(8)3-9/h9H,1-3H2,(H,7,8). The number of rotatable bonds is 3. The molecule has 9 heavy (non-hydrogen) atoms. The van der Waals surface area contributed by atoms with Crippen LogP contribution in [-0.4, -0.2) is 18.2 Å². The number of nitrogens with one attached hydrogen (secondary N) is 1. The van der Waals surface area contributed by atoms with Gasteiger partial charge < -0.3 is 5.32 Å². The summed E-state index contributed by atoms with van der Waals surface area (Å²) < 4.78 is 0.762. The van der Waals surface area contributed by atoms with Crippen LogP contribution in [-0.2, 0) is 4.79 Å². The minimum absolute atomic E-state index is 0.0843. The average Bonchev–Trinajstić information content (AvgIpc) is 1.83. The van der Waals surface area contributed by atoms with Crippen LogP contribution in [0.3, 0.4) is 0 Å². The molecular formula is C5H8BrNOS. The number of carbonyl (C=O) groups excluding carboxylic acids is 1. The predicted molar refractivity (Wildman–Crippen MR) is 44.9 cm³/mol. The summed E-state index contributed by atoms with van der Waals surface area (Å²) in [5.74, 6) is 0.138. The van der Waals surface area contributed by atoms with E-state index in [2.05, 4.69) is 40.5 Å². The van der Waals surface area contributed by atoms with Crippen LogP contribution in [0.5, 0.6) is 0 Å². The Morgan fingerprint density at radius 2 is 2.33 bits per heavy atom. The summed E-state index contributed by atoms with van der Waals surface area (Å²) in [5, 5.41) is 2.57. The first kappa shape index (κ1) is 9.04. The van der Waals surface area contributed by atoms with E-state index in [4.69, 9.17) is 0 Å². The summed E-state index contributed by atoms with van der Waals surface area (Å²) in [7, 11) is 0. The molecule has 0 spiro atoms. The van der Waals surface area contributed by atoms with Gasteiger partial charge in [-0.1, -0.05) is 22.5 Å². The molecule has 0 heterocycles. The molecule has 0 aliphatic heterocycles. The van der Waals surface area contributed by atoms with Gasteiger partial charge in [-0.05, 0) is 0 Å². The average molecular weight is 210 g/mol. The molecule has 0 unspecified atom stereocenters. The molecule has 0 aromatic rings. The maximum absolute atomic E-state index is 10.5. The van der Waals surface area contributed by atoms with Gasteiger partial charge in [-0.25, -0.2) is 0 Å². The Kier molecular flexibility index (Phi) is 4.90. The molecule has 0 aliphatic carbocycles. The zero-order chi connectivity index (χ0) is 7.28. The van der Waals surface area contributed by atoms with Crippen LogP contribution >= 0.6 is 28.6 Å². The molecule has 1 amide bonds. The van der Waals surface area contributed by atoms with Crippen LogP contribution in [0, 0.1) is 0 Å². The van der Waals surface area contributed by atoms with Crippen molar-refractivity contribution in [2.75, 3.05) is 12.3 Å². The van der Waals surface area contributed by atoms with E-state index < -0.39 is 0 Å². The largest absolute Gasteiger partial charge is 0.351 e. The van der Waals surface area contributed by atoms with Gasteiger partial charge in [0.15, 0.2) is 0 Å². The number of carbonyl (C=O) groups is 1. The van der Waals surface area contributed by atoms with Crippen molar-refractivity contribution in [3.63, 3.8) is 0 Å². The van der Waals surface area contributed by atoms with Crippen molar-refractivity contribution in [2.45, 2.75) is 0 Å². The van der Waals surface area contributed by atoms with E-state index in [1.165, 1.54) is 0 Å². The minimum atomic E-state index is -0.0843. The highest BCUT2D eigenvalue weighted by Crippen LogP contribution is 1.96. The number of halogens is 1. The minimum Gasteiger partial charge on any atom is -0.351 e. The van der Waals surface area contributed by atoms with Crippen molar-refractivity contribution in [3.8, 4) is 0 Å². The maximum Gasteiger partial charge on any atom is 0.230 e. The molecule has 0 aromatic carbocycles. The van der Waals surface area contributed by atoms with Gasteiger partial charge in [-0.15, -0.1) is 0 Å². The first-order valence-electron chi connectivity index (χ1n) is 2.37. The van der Waals surface area contributed by atoms with Gasteiger partial charge in [0.1, 0.15) is 0 Å². The lowest BCUT2D eigenvalue weighted by Crippen LogP contribution is -2.25. The highest BCUT2D eigenvalue weighted by Gasteiger charge is 1.94. The van der Waals surface area contributed by atoms with Crippen LogP contribution < -0.4 is 5.32 Å². The Labute approximate surface area is 68.2 Å². The van der Waals surface area contributed by atoms with E-state index in [-0.39, 0.29) is 11.7 Å². The molecule has 0 aliphatic rings. The Morgan fingerprint density at radius 3 is 2.67 bits per heavy atom. The highest BCUT2D eigenvalue weighted by atomic mass is 79.9. The zero-order valence-corrected chi connectivity index (χ0v) is 7.34. The van der Waals surface area contributed by atoms with E-state index >= 15 is 0 Å². The van der Waals surface area contributed by atoms with Crippen LogP contribution in [0.15, 0.2) is 11.1 Å². The molecule has 0 bridgehead atoms. The molecular weight excluding hydrogens is 202 g/mol. The quantitative estimate of drug-likeness (QED) is 0.667. The monoisotopic (exact) mass is 209 g/mol. The number of thiol groups is 1. The first-order valence-corrected chi connectivity index (χ1v) is 3.80. The van der Waals surface area contributed by atoms with Crippen LogP contribution in [0.4, 0.5) is 0 Å². The number of amides is 1. The van der Waals surface area contributed by atoms with Gasteiger partial charge in [-0.2, -0.15) is 12.6 Å². The molecule has 1 N–H and O–H groups in total. The Morgan fingerprint density at radius 1 is 1.78 bits per heavy atom. The fourth-order valence-electron chi connectivity index (χ4n) is 0.250. The van der Waals surface area contributed by atoms with Crippen LogP contribution in [0.1, 0.15) is 0 Å². The van der Waals surface area contributed by atoms with Crippen molar-refractivity contribution >= 4 is 34.5 Å². The van der Waals surface area contributed by atoms with Crippen molar-refractivity contribution in [2.24, 2.45) is 0 Å². The summed E-state index contributed by atoms with van der Waals surface area (Å²) in [6.45, 7) is 4.01. The van der Waals surface area contributed by atoms with E-state index in [0.717, 1.165) is 4.48 Å². The smallest absolute Gasteiger partial charge is 0.230 e. The van der Waals surface area contributed by atoms with Gasteiger partial charge in [0.25, 0.3) is 0 Å². The second-order valence-corrected chi connectivity index (χ2v) is 2.89. The molecule has 0 radical (unpaired) electrons. The third-order valence-electron chi connectivity index (χ3n) is 0.621. The van der Waals surface area contributed by atoms with E-state index in [9.17, 15) is 4.79 Å². The fourth-order valence-corrected chi connectivity index (χ4v) is 0.502. The maximum atomic E-state index is 10.5. The summed E-state index contributed by atoms with van der Waals surface area (Å²) in [4.78, 5) is 10.5. The van der Waals surface area contributed by atoms with Gasteiger partial charge >= 0.3 is 0 Å². The van der Waals surface area contributed by atoms with Gasteiger partial charge in [-0.3, -0.25) is 4.79 Å². The topological polar surface area (TPSA) is 29.1 Å². The van der Waals surface area contributed by atoms with E-state index in [1.54, 1.807) is 0 Å². The third kappa shape index (κ3) is 5.92. The predicted octanol–water partition coefficient (Wildman–Crippen LogP) is 0.941. The highest BCUT2D eigenvalue weighted by molar-refractivity contribution is 9.11. The number of hydrogen-bond acceptors (Lipinski definition) is 2. The molecule has 52 valence electrons. The van der Waals surface area contributed by atoms with Crippen molar-refractivity contribution in [3.05, 3.63) is 11.1 Å². The molecule has 0 saturated carbocycles. The second-order valence-electron chi connectivity index (χ2n) is 1.45. The normalized spacial score (nSPS) is 8.67. The molecule has 2 nitrogen and oxygen atoms in total. The third-order valence-corrected chi connectivity index (χ3v) is 1.19. The lowest BCUT2D eigenvalue weighted by atomic mass is 10.6. The zero-order valence-electron chi connectivity index (χ0n) is 4.85. The summed E-state index contributed by atoms with van der Waals surface area (Å²) in [5.41, 5.74) is 0.